The summed E-state index contributed by atoms with van der Waals surface area (Å²) in [5, 5.41) is 8.85. The second kappa shape index (κ2) is 3.95. The Hall–Kier alpha value is -2.47. The van der Waals surface area contributed by atoms with E-state index in [-0.39, 0.29) is 0 Å². The second-order valence-electron chi connectivity index (χ2n) is 3.50. The van der Waals surface area contributed by atoms with Gasteiger partial charge in [-0.15, -0.1) is 0 Å². The highest BCUT2D eigenvalue weighted by atomic mass is 14.6. The van der Waals surface area contributed by atoms with Crippen molar-refractivity contribution in [1.29, 1.82) is 5.26 Å². The Balaban J connectivity index is 2.65. The highest BCUT2D eigenvalue weighted by Gasteiger charge is 2.06. The van der Waals surface area contributed by atoms with E-state index < -0.39 is 0 Å². The molecule has 0 spiro atoms. The van der Waals surface area contributed by atoms with Crippen LogP contribution in [-0.4, -0.2) is 0 Å². The molecule has 0 bridgehead atoms. The van der Waals surface area contributed by atoms with Crippen LogP contribution in [0.15, 0.2) is 42.5 Å². The molecule has 78 valence electrons. The number of nitrogen functional groups attached to an aromatic ring is 2. The Bertz CT molecular complexity index is 568. The standard InChI is InChI=1S/C13H11N3/c14-8-9-5-6-13(16)11(7-9)10-3-1-2-4-12(10)15/h1-7H,15-16H2. The van der Waals surface area contributed by atoms with Gasteiger partial charge in [-0.05, 0) is 24.3 Å². The van der Waals surface area contributed by atoms with E-state index in [4.69, 9.17) is 16.7 Å². The summed E-state index contributed by atoms with van der Waals surface area (Å²) in [4.78, 5) is 0. The Labute approximate surface area is 93.9 Å². The summed E-state index contributed by atoms with van der Waals surface area (Å²) in [6, 6.07) is 14.7. The molecule has 0 amide bonds. The van der Waals surface area contributed by atoms with Gasteiger partial charge in [0.1, 0.15) is 0 Å². The number of benzene rings is 2. The van der Waals surface area contributed by atoms with Crippen molar-refractivity contribution in [2.75, 3.05) is 11.5 Å². The molecule has 16 heavy (non-hydrogen) atoms. The van der Waals surface area contributed by atoms with Crippen LogP contribution in [0.25, 0.3) is 11.1 Å². The van der Waals surface area contributed by atoms with E-state index in [2.05, 4.69) is 6.07 Å². The Kier molecular flexibility index (Phi) is 2.49. The maximum Gasteiger partial charge on any atom is 0.0991 e. The normalized spacial score (nSPS) is 9.69. The first-order valence-electron chi connectivity index (χ1n) is 4.87. The van der Waals surface area contributed by atoms with Crippen molar-refractivity contribution >= 4 is 11.4 Å². The largest absolute Gasteiger partial charge is 0.398 e. The lowest BCUT2D eigenvalue weighted by atomic mass is 10.00. The van der Waals surface area contributed by atoms with E-state index in [1.807, 2.05) is 24.3 Å². The number of hydrogen-bond acceptors (Lipinski definition) is 3. The van der Waals surface area contributed by atoms with Crippen molar-refractivity contribution in [2.45, 2.75) is 0 Å². The minimum atomic E-state index is 0.576. The van der Waals surface area contributed by atoms with Crippen LogP contribution >= 0.6 is 0 Å². The second-order valence-corrected chi connectivity index (χ2v) is 3.50. The first-order valence-corrected chi connectivity index (χ1v) is 4.87. The fourth-order valence-corrected chi connectivity index (χ4v) is 1.60. The molecule has 4 N–H and O–H groups in total. The molecule has 0 saturated heterocycles. The van der Waals surface area contributed by atoms with Crippen LogP contribution in [0.1, 0.15) is 5.56 Å². The molecule has 0 saturated carbocycles. The summed E-state index contributed by atoms with van der Waals surface area (Å²) >= 11 is 0. The number of nitriles is 1. The predicted octanol–water partition coefficient (Wildman–Crippen LogP) is 2.39. The molecule has 2 aromatic rings. The van der Waals surface area contributed by atoms with Gasteiger partial charge in [0.15, 0.2) is 0 Å². The fourth-order valence-electron chi connectivity index (χ4n) is 1.60. The topological polar surface area (TPSA) is 75.8 Å². The molecule has 0 heterocycles. The molecule has 0 fully saturated rings. The summed E-state index contributed by atoms with van der Waals surface area (Å²) in [6.45, 7) is 0. The average molecular weight is 209 g/mol. The summed E-state index contributed by atoms with van der Waals surface area (Å²) in [6.07, 6.45) is 0. The number of rotatable bonds is 1. The van der Waals surface area contributed by atoms with E-state index in [9.17, 15) is 0 Å². The third kappa shape index (κ3) is 1.69. The number of para-hydroxylation sites is 1. The molecule has 2 rings (SSSR count). The molecule has 0 aliphatic heterocycles. The summed E-state index contributed by atoms with van der Waals surface area (Å²) in [7, 11) is 0. The fraction of sp³-hybridized carbons (Fsp3) is 0. The molecule has 3 heteroatoms. The molecule has 0 aliphatic rings. The maximum absolute atomic E-state index is 8.85. The van der Waals surface area contributed by atoms with Gasteiger partial charge >= 0.3 is 0 Å². The van der Waals surface area contributed by atoms with Crippen LogP contribution in [0.5, 0.6) is 0 Å². The number of anilines is 2. The molecule has 2 aromatic carbocycles. The zero-order valence-electron chi connectivity index (χ0n) is 8.64. The van der Waals surface area contributed by atoms with Crippen molar-refractivity contribution in [2.24, 2.45) is 0 Å². The van der Waals surface area contributed by atoms with Crippen molar-refractivity contribution in [3.8, 4) is 17.2 Å². The third-order valence-corrected chi connectivity index (χ3v) is 2.43. The van der Waals surface area contributed by atoms with Crippen molar-refractivity contribution in [3.05, 3.63) is 48.0 Å². The van der Waals surface area contributed by atoms with Crippen LogP contribution in [0, 0.1) is 11.3 Å². The Morgan fingerprint density at radius 1 is 0.875 bits per heavy atom. The monoisotopic (exact) mass is 209 g/mol. The first kappa shape index (κ1) is 10.1. The van der Waals surface area contributed by atoms with Gasteiger partial charge in [0.2, 0.25) is 0 Å². The smallest absolute Gasteiger partial charge is 0.0991 e. The molecular formula is C13H11N3. The van der Waals surface area contributed by atoms with Gasteiger partial charge in [-0.3, -0.25) is 0 Å². The Morgan fingerprint density at radius 3 is 2.25 bits per heavy atom. The van der Waals surface area contributed by atoms with Gasteiger partial charge in [0.25, 0.3) is 0 Å². The number of nitrogens with two attached hydrogens (primary N) is 2. The summed E-state index contributed by atoms with van der Waals surface area (Å²) in [5.41, 5.74) is 15.3. The van der Waals surface area contributed by atoms with Crippen molar-refractivity contribution in [1.82, 2.24) is 0 Å². The van der Waals surface area contributed by atoms with E-state index in [0.29, 0.717) is 16.9 Å². The summed E-state index contributed by atoms with van der Waals surface area (Å²) in [5.74, 6) is 0. The van der Waals surface area contributed by atoms with Crippen LogP contribution in [-0.2, 0) is 0 Å². The molecule has 0 radical (unpaired) electrons. The van der Waals surface area contributed by atoms with E-state index in [1.54, 1.807) is 18.2 Å². The van der Waals surface area contributed by atoms with Crippen LogP contribution in [0.4, 0.5) is 11.4 Å². The van der Waals surface area contributed by atoms with Gasteiger partial charge < -0.3 is 11.5 Å². The van der Waals surface area contributed by atoms with E-state index in [1.165, 1.54) is 0 Å². The van der Waals surface area contributed by atoms with Crippen LogP contribution < -0.4 is 11.5 Å². The number of hydrogen-bond donors (Lipinski definition) is 2. The van der Waals surface area contributed by atoms with Crippen molar-refractivity contribution < 1.29 is 0 Å². The van der Waals surface area contributed by atoms with Crippen molar-refractivity contribution in [3.63, 3.8) is 0 Å². The predicted molar refractivity (Wildman–Crippen MR) is 65.4 cm³/mol. The summed E-state index contributed by atoms with van der Waals surface area (Å²) < 4.78 is 0. The quantitative estimate of drug-likeness (QED) is 0.708. The lowest BCUT2D eigenvalue weighted by molar-refractivity contribution is 1.48. The van der Waals surface area contributed by atoms with Gasteiger partial charge in [0.05, 0.1) is 11.6 Å². The zero-order valence-corrected chi connectivity index (χ0v) is 8.64. The Morgan fingerprint density at radius 2 is 1.56 bits per heavy atom. The van der Waals surface area contributed by atoms with Gasteiger partial charge in [0, 0.05) is 22.5 Å². The first-order chi connectivity index (χ1) is 7.72. The molecule has 0 atom stereocenters. The number of nitrogens with zero attached hydrogens (tertiary/aromatic N) is 1. The molecular weight excluding hydrogens is 198 g/mol. The highest BCUT2D eigenvalue weighted by molar-refractivity contribution is 5.84. The SMILES string of the molecule is N#Cc1ccc(N)c(-c2ccccc2N)c1. The van der Waals surface area contributed by atoms with Gasteiger partial charge in [-0.2, -0.15) is 5.26 Å². The maximum atomic E-state index is 8.85. The highest BCUT2D eigenvalue weighted by Crippen LogP contribution is 2.30. The minimum absolute atomic E-state index is 0.576. The lowest BCUT2D eigenvalue weighted by Crippen LogP contribution is -1.94. The molecule has 0 unspecified atom stereocenters. The minimum Gasteiger partial charge on any atom is -0.398 e. The van der Waals surface area contributed by atoms with Gasteiger partial charge in [-0.1, -0.05) is 18.2 Å². The third-order valence-electron chi connectivity index (χ3n) is 2.43. The van der Waals surface area contributed by atoms with E-state index >= 15 is 0 Å². The molecule has 0 aromatic heterocycles. The van der Waals surface area contributed by atoms with Crippen LogP contribution in [0.2, 0.25) is 0 Å². The molecule has 0 aliphatic carbocycles. The molecule has 3 nitrogen and oxygen atoms in total. The average Bonchev–Trinajstić information content (AvgIpc) is 2.31. The zero-order chi connectivity index (χ0) is 11.5. The van der Waals surface area contributed by atoms with Crippen LogP contribution in [0.3, 0.4) is 0 Å². The lowest BCUT2D eigenvalue weighted by Gasteiger charge is -2.08. The van der Waals surface area contributed by atoms with E-state index in [0.717, 1.165) is 11.1 Å². The van der Waals surface area contributed by atoms with Gasteiger partial charge in [-0.25, -0.2) is 0 Å².